The van der Waals surface area contributed by atoms with Crippen molar-refractivity contribution in [1.29, 1.82) is 0 Å². The van der Waals surface area contributed by atoms with E-state index in [1.807, 2.05) is 18.2 Å². The first kappa shape index (κ1) is 26.4. The van der Waals surface area contributed by atoms with Crippen LogP contribution in [0.1, 0.15) is 35.3 Å². The van der Waals surface area contributed by atoms with Gasteiger partial charge in [0.15, 0.2) is 15.6 Å². The number of hydrogen-bond acceptors (Lipinski definition) is 7. The fourth-order valence-electron chi connectivity index (χ4n) is 4.18. The van der Waals surface area contributed by atoms with E-state index in [2.05, 4.69) is 23.9 Å². The summed E-state index contributed by atoms with van der Waals surface area (Å²) in [5, 5.41) is 3.42. The summed E-state index contributed by atoms with van der Waals surface area (Å²) >= 11 is 0. The molecule has 0 saturated carbocycles. The van der Waals surface area contributed by atoms with Crippen LogP contribution >= 0.6 is 0 Å². The third-order valence-corrected chi connectivity index (χ3v) is 8.48. The van der Waals surface area contributed by atoms with Crippen molar-refractivity contribution in [2.75, 3.05) is 18.1 Å². The summed E-state index contributed by atoms with van der Waals surface area (Å²) in [7, 11) is -5.87. The summed E-state index contributed by atoms with van der Waals surface area (Å²) in [5.74, 6) is 0.382. The van der Waals surface area contributed by atoms with Gasteiger partial charge in [0.2, 0.25) is 0 Å². The van der Waals surface area contributed by atoms with Crippen LogP contribution in [0.4, 0.5) is 5.69 Å². The van der Waals surface area contributed by atoms with E-state index in [-0.39, 0.29) is 26.8 Å². The fourth-order valence-corrected chi connectivity index (χ4v) is 5.86. The topological polar surface area (TPSA) is 119 Å². The standard InChI is InChI=1S/C27H28N2O6S2/c1-27(2)17-19-8-9-21(35-3)15-24(19)25(28-27)16-26(30)18-6-5-7-20(14-18)29-37(33,34)23-12-10-22(11-13-23)36(4,31)32/h5-16,28-29H,17H2,1-4H3. The molecule has 0 spiro atoms. The highest BCUT2D eigenvalue weighted by Crippen LogP contribution is 2.32. The van der Waals surface area contributed by atoms with Gasteiger partial charge in [0.25, 0.3) is 10.0 Å². The Balaban J connectivity index is 1.61. The van der Waals surface area contributed by atoms with Crippen LogP contribution in [0, 0.1) is 0 Å². The molecule has 37 heavy (non-hydrogen) atoms. The number of sulfone groups is 1. The minimum absolute atomic E-state index is 0.0192. The number of hydrogen-bond donors (Lipinski definition) is 2. The van der Waals surface area contributed by atoms with Gasteiger partial charge in [-0.1, -0.05) is 18.2 Å². The zero-order valence-corrected chi connectivity index (χ0v) is 22.5. The maximum Gasteiger partial charge on any atom is 0.261 e. The van der Waals surface area contributed by atoms with Crippen LogP contribution in [0.5, 0.6) is 5.75 Å². The first-order valence-corrected chi connectivity index (χ1v) is 14.8. The lowest BCUT2D eigenvalue weighted by Crippen LogP contribution is -2.43. The molecule has 0 saturated heterocycles. The van der Waals surface area contributed by atoms with E-state index in [0.717, 1.165) is 23.8 Å². The van der Waals surface area contributed by atoms with Crippen LogP contribution in [0.15, 0.2) is 82.6 Å². The van der Waals surface area contributed by atoms with Crippen molar-refractivity contribution in [3.63, 3.8) is 0 Å². The summed E-state index contributed by atoms with van der Waals surface area (Å²) < 4.78 is 56.8. The zero-order chi connectivity index (χ0) is 27.0. The van der Waals surface area contributed by atoms with Crippen LogP contribution < -0.4 is 14.8 Å². The Kier molecular flexibility index (Phi) is 6.91. The van der Waals surface area contributed by atoms with E-state index in [9.17, 15) is 21.6 Å². The van der Waals surface area contributed by atoms with Crippen LogP contribution in [-0.2, 0) is 26.3 Å². The number of benzene rings is 3. The van der Waals surface area contributed by atoms with E-state index < -0.39 is 19.9 Å². The molecule has 0 fully saturated rings. The van der Waals surface area contributed by atoms with Crippen molar-refractivity contribution in [2.24, 2.45) is 0 Å². The van der Waals surface area contributed by atoms with E-state index in [0.29, 0.717) is 17.0 Å². The first-order valence-electron chi connectivity index (χ1n) is 11.4. The minimum Gasteiger partial charge on any atom is -0.497 e. The smallest absolute Gasteiger partial charge is 0.261 e. The lowest BCUT2D eigenvalue weighted by molar-refractivity contribution is 0.104. The van der Waals surface area contributed by atoms with Gasteiger partial charge in [-0.3, -0.25) is 9.52 Å². The van der Waals surface area contributed by atoms with Crippen molar-refractivity contribution in [3.8, 4) is 5.75 Å². The molecule has 1 aliphatic heterocycles. The molecule has 194 valence electrons. The van der Waals surface area contributed by atoms with E-state index in [4.69, 9.17) is 4.74 Å². The minimum atomic E-state index is -4.01. The Labute approximate surface area is 217 Å². The highest BCUT2D eigenvalue weighted by molar-refractivity contribution is 7.92. The number of sulfonamides is 1. The zero-order valence-electron chi connectivity index (χ0n) is 20.9. The van der Waals surface area contributed by atoms with E-state index >= 15 is 0 Å². The van der Waals surface area contributed by atoms with Gasteiger partial charge < -0.3 is 10.1 Å². The third kappa shape index (κ3) is 6.03. The number of anilines is 1. The first-order chi connectivity index (χ1) is 17.3. The Morgan fingerprint density at radius 1 is 0.973 bits per heavy atom. The Morgan fingerprint density at radius 2 is 1.65 bits per heavy atom. The number of ketones is 1. The molecule has 3 aromatic carbocycles. The average Bonchev–Trinajstić information content (AvgIpc) is 2.82. The SMILES string of the molecule is COc1ccc2c(c1)C(=CC(=O)c1cccc(NS(=O)(=O)c3ccc(S(C)(=O)=O)cc3)c1)NC(C)(C)C2. The Bertz CT molecular complexity index is 1610. The molecule has 1 heterocycles. The number of ether oxygens (including phenoxy) is 1. The summed E-state index contributed by atoms with van der Waals surface area (Å²) in [4.78, 5) is 13.1. The highest BCUT2D eigenvalue weighted by Gasteiger charge is 2.28. The Morgan fingerprint density at radius 3 is 2.30 bits per heavy atom. The molecule has 0 amide bonds. The van der Waals surface area contributed by atoms with Gasteiger partial charge in [-0.25, -0.2) is 16.8 Å². The summed E-state index contributed by atoms with van der Waals surface area (Å²) in [5.41, 5.74) is 2.86. The van der Waals surface area contributed by atoms with Gasteiger partial charge in [-0.15, -0.1) is 0 Å². The number of methoxy groups -OCH3 is 1. The maximum absolute atomic E-state index is 13.2. The predicted octanol–water partition coefficient (Wildman–Crippen LogP) is 4.05. The second kappa shape index (κ2) is 9.68. The molecule has 8 nitrogen and oxygen atoms in total. The van der Waals surface area contributed by atoms with Crippen LogP contribution in [0.3, 0.4) is 0 Å². The van der Waals surface area contributed by atoms with Crippen LogP contribution in [0.2, 0.25) is 0 Å². The lowest BCUT2D eigenvalue weighted by Gasteiger charge is -2.35. The second-order valence-electron chi connectivity index (χ2n) is 9.56. The number of allylic oxidation sites excluding steroid dienone is 1. The fraction of sp³-hybridized carbons (Fsp3) is 0.222. The van der Waals surface area contributed by atoms with Crippen molar-refractivity contribution in [3.05, 3.63) is 89.5 Å². The molecular weight excluding hydrogens is 512 g/mol. The molecular formula is C27H28N2O6S2. The molecule has 10 heteroatoms. The molecule has 0 radical (unpaired) electrons. The monoisotopic (exact) mass is 540 g/mol. The van der Waals surface area contributed by atoms with Gasteiger partial charge in [0, 0.05) is 40.4 Å². The quantitative estimate of drug-likeness (QED) is 0.343. The molecule has 2 N–H and O–H groups in total. The van der Waals surface area contributed by atoms with Gasteiger partial charge >= 0.3 is 0 Å². The Hall–Kier alpha value is -3.63. The van der Waals surface area contributed by atoms with Crippen LogP contribution in [0.25, 0.3) is 5.70 Å². The summed E-state index contributed by atoms with van der Waals surface area (Å²) in [6.07, 6.45) is 3.34. The number of carbonyl (C=O) groups is 1. The maximum atomic E-state index is 13.2. The molecule has 3 aromatic rings. The highest BCUT2D eigenvalue weighted by atomic mass is 32.2. The number of rotatable bonds is 7. The van der Waals surface area contributed by atoms with Crippen LogP contribution in [-0.4, -0.2) is 41.5 Å². The third-order valence-electron chi connectivity index (χ3n) is 5.95. The average molecular weight is 541 g/mol. The van der Waals surface area contributed by atoms with E-state index in [1.54, 1.807) is 19.2 Å². The largest absolute Gasteiger partial charge is 0.497 e. The van der Waals surface area contributed by atoms with Crippen molar-refractivity contribution in [2.45, 2.75) is 35.6 Å². The second-order valence-corrected chi connectivity index (χ2v) is 13.3. The molecule has 4 rings (SSSR count). The number of fused-ring (bicyclic) bond motifs is 1. The van der Waals surface area contributed by atoms with Gasteiger partial charge in [0.05, 0.1) is 16.9 Å². The van der Waals surface area contributed by atoms with Crippen molar-refractivity contribution < 1.29 is 26.4 Å². The van der Waals surface area contributed by atoms with Gasteiger partial charge in [0.1, 0.15) is 5.75 Å². The van der Waals surface area contributed by atoms with E-state index in [1.165, 1.54) is 42.5 Å². The molecule has 0 aromatic heterocycles. The van der Waals surface area contributed by atoms with Gasteiger partial charge in [-0.05, 0) is 74.4 Å². The summed E-state index contributed by atoms with van der Waals surface area (Å²) in [6.45, 7) is 4.10. The molecule has 0 aliphatic carbocycles. The molecule has 1 aliphatic rings. The normalized spacial score (nSPS) is 15.9. The predicted molar refractivity (Wildman–Crippen MR) is 143 cm³/mol. The molecule has 0 unspecified atom stereocenters. The molecule has 0 bridgehead atoms. The number of carbonyl (C=O) groups excluding carboxylic acids is 1. The van der Waals surface area contributed by atoms with Gasteiger partial charge in [-0.2, -0.15) is 0 Å². The van der Waals surface area contributed by atoms with Crippen molar-refractivity contribution in [1.82, 2.24) is 5.32 Å². The lowest BCUT2D eigenvalue weighted by atomic mass is 9.85. The number of nitrogens with one attached hydrogen (secondary N) is 2. The van der Waals surface area contributed by atoms with Crippen molar-refractivity contribution >= 4 is 37.0 Å². The summed E-state index contributed by atoms with van der Waals surface area (Å²) in [6, 6.07) is 16.9. The molecule has 0 atom stereocenters.